The van der Waals surface area contributed by atoms with Crippen molar-refractivity contribution in [2.45, 2.75) is 17.4 Å². The molecule has 2 N–H and O–H groups in total. The Morgan fingerprint density at radius 1 is 1.52 bits per heavy atom. The van der Waals surface area contributed by atoms with Crippen molar-refractivity contribution in [3.05, 3.63) is 28.5 Å². The highest BCUT2D eigenvalue weighted by molar-refractivity contribution is 7.89. The number of rotatable bonds is 4. The number of carboxylic acid groups (broad SMARTS) is 1. The summed E-state index contributed by atoms with van der Waals surface area (Å²) < 4.78 is 40.5. The maximum absolute atomic E-state index is 13.6. The van der Waals surface area contributed by atoms with E-state index in [1.54, 1.807) is 0 Å². The van der Waals surface area contributed by atoms with Gasteiger partial charge in [0.25, 0.3) is 0 Å². The van der Waals surface area contributed by atoms with E-state index in [9.17, 15) is 17.6 Å². The van der Waals surface area contributed by atoms with Crippen molar-refractivity contribution in [1.29, 1.82) is 0 Å². The van der Waals surface area contributed by atoms with E-state index in [0.29, 0.717) is 13.0 Å². The fraction of sp³-hybridized carbons (Fsp3) is 0.417. The third-order valence-corrected chi connectivity index (χ3v) is 5.14. The highest BCUT2D eigenvalue weighted by atomic mass is 35.5. The largest absolute Gasteiger partial charge is 0.478 e. The Morgan fingerprint density at radius 2 is 2.19 bits per heavy atom. The Morgan fingerprint density at radius 3 is 2.71 bits per heavy atom. The van der Waals surface area contributed by atoms with E-state index in [1.165, 1.54) is 0 Å². The van der Waals surface area contributed by atoms with Gasteiger partial charge >= 0.3 is 5.97 Å². The summed E-state index contributed by atoms with van der Waals surface area (Å²) in [5, 5.41) is 8.32. The first kappa shape index (κ1) is 16.2. The lowest BCUT2D eigenvalue weighted by molar-refractivity contribution is 0.0696. The van der Waals surface area contributed by atoms with Crippen LogP contribution >= 0.6 is 11.6 Å². The first-order chi connectivity index (χ1) is 9.70. The van der Waals surface area contributed by atoms with Crippen molar-refractivity contribution in [1.82, 2.24) is 9.62 Å². The van der Waals surface area contributed by atoms with Gasteiger partial charge in [-0.15, -0.1) is 0 Å². The number of sulfonamides is 1. The molecule has 1 aliphatic rings. The van der Waals surface area contributed by atoms with Gasteiger partial charge in [0, 0.05) is 12.6 Å². The molecule has 1 heterocycles. The van der Waals surface area contributed by atoms with Crippen molar-refractivity contribution in [2.75, 3.05) is 20.1 Å². The predicted molar refractivity (Wildman–Crippen MR) is 74.6 cm³/mol. The van der Waals surface area contributed by atoms with Crippen LogP contribution < -0.4 is 4.72 Å². The maximum Gasteiger partial charge on any atom is 0.337 e. The number of halogens is 2. The summed E-state index contributed by atoms with van der Waals surface area (Å²) in [5.74, 6) is -2.57. The summed E-state index contributed by atoms with van der Waals surface area (Å²) in [6.07, 6.45) is 0.636. The third-order valence-electron chi connectivity index (χ3n) is 3.26. The molecule has 1 aliphatic heterocycles. The molecule has 0 aliphatic carbocycles. The normalized spacial score (nSPS) is 19.9. The summed E-state index contributed by atoms with van der Waals surface area (Å²) in [6.45, 7) is 1.30. The van der Waals surface area contributed by atoms with Gasteiger partial charge in [-0.1, -0.05) is 11.6 Å². The number of carboxylic acids is 1. The van der Waals surface area contributed by atoms with Crippen LogP contribution in [-0.4, -0.2) is 50.6 Å². The molecule has 21 heavy (non-hydrogen) atoms. The van der Waals surface area contributed by atoms with Gasteiger partial charge in [-0.2, -0.15) is 0 Å². The summed E-state index contributed by atoms with van der Waals surface area (Å²) >= 11 is 5.52. The molecule has 1 atom stereocenters. The van der Waals surface area contributed by atoms with Crippen LogP contribution in [0.2, 0.25) is 5.02 Å². The SMILES string of the molecule is CN1CCC(NS(=O)(=O)c2cc(F)c(Cl)c(C(=O)O)c2)C1. The Labute approximate surface area is 126 Å². The molecule has 1 saturated heterocycles. The lowest BCUT2D eigenvalue weighted by atomic mass is 10.2. The molecule has 0 aromatic heterocycles. The molecule has 2 rings (SSSR count). The minimum atomic E-state index is -4.00. The predicted octanol–water partition coefficient (Wildman–Crippen LogP) is 1.16. The Kier molecular flexibility index (Phi) is 4.52. The standard InChI is InChI=1S/C12H14ClFN2O4S/c1-16-3-2-7(6-16)15-21(19,20)8-4-9(12(17)18)11(13)10(14)5-8/h4-5,7,15H,2-3,6H2,1H3,(H,17,18). The smallest absolute Gasteiger partial charge is 0.337 e. The second kappa shape index (κ2) is 5.88. The zero-order valence-electron chi connectivity index (χ0n) is 11.1. The molecule has 0 amide bonds. The van der Waals surface area contributed by atoms with Crippen molar-refractivity contribution in [3.8, 4) is 0 Å². The van der Waals surface area contributed by atoms with Gasteiger partial charge in [-0.3, -0.25) is 0 Å². The lowest BCUT2D eigenvalue weighted by Crippen LogP contribution is -2.36. The van der Waals surface area contributed by atoms with Crippen LogP contribution in [0.3, 0.4) is 0 Å². The number of nitrogens with one attached hydrogen (secondary N) is 1. The molecule has 0 saturated carbocycles. The van der Waals surface area contributed by atoms with E-state index in [4.69, 9.17) is 16.7 Å². The average molecular weight is 337 g/mol. The van der Waals surface area contributed by atoms with Crippen molar-refractivity contribution in [2.24, 2.45) is 0 Å². The topological polar surface area (TPSA) is 86.7 Å². The van der Waals surface area contributed by atoms with Gasteiger partial charge in [-0.25, -0.2) is 22.3 Å². The van der Waals surface area contributed by atoms with Crippen LogP contribution in [0.1, 0.15) is 16.8 Å². The molecule has 6 nitrogen and oxygen atoms in total. The zero-order valence-corrected chi connectivity index (χ0v) is 12.7. The van der Waals surface area contributed by atoms with Gasteiger partial charge in [0.15, 0.2) is 0 Å². The fourth-order valence-corrected chi connectivity index (χ4v) is 3.68. The van der Waals surface area contributed by atoms with E-state index in [0.717, 1.165) is 18.7 Å². The third kappa shape index (κ3) is 3.52. The Bertz CT molecular complexity index is 680. The molecular weight excluding hydrogens is 323 g/mol. The Balaban J connectivity index is 2.34. The molecule has 0 radical (unpaired) electrons. The van der Waals surface area contributed by atoms with E-state index < -0.39 is 37.3 Å². The van der Waals surface area contributed by atoms with E-state index in [2.05, 4.69) is 4.72 Å². The van der Waals surface area contributed by atoms with Gasteiger partial charge in [0.05, 0.1) is 15.5 Å². The molecular formula is C12H14ClFN2O4S. The maximum atomic E-state index is 13.6. The number of hydrogen-bond donors (Lipinski definition) is 2. The molecule has 1 fully saturated rings. The minimum Gasteiger partial charge on any atom is -0.478 e. The first-order valence-corrected chi connectivity index (χ1v) is 8.00. The van der Waals surface area contributed by atoms with Crippen LogP contribution in [0.4, 0.5) is 4.39 Å². The second-order valence-corrected chi connectivity index (χ2v) is 7.03. The molecule has 9 heteroatoms. The van der Waals surface area contributed by atoms with Crippen molar-refractivity contribution >= 4 is 27.6 Å². The number of likely N-dealkylation sites (tertiary alicyclic amines) is 1. The number of likely N-dealkylation sites (N-methyl/N-ethyl adjacent to an activating group) is 1. The van der Waals surface area contributed by atoms with Gasteiger partial charge in [0.2, 0.25) is 10.0 Å². The lowest BCUT2D eigenvalue weighted by Gasteiger charge is -2.14. The molecule has 1 aromatic rings. The zero-order chi connectivity index (χ0) is 15.8. The van der Waals surface area contributed by atoms with E-state index in [1.807, 2.05) is 11.9 Å². The van der Waals surface area contributed by atoms with E-state index >= 15 is 0 Å². The average Bonchev–Trinajstić information content (AvgIpc) is 2.76. The summed E-state index contributed by atoms with van der Waals surface area (Å²) in [6, 6.07) is 1.29. The molecule has 1 unspecified atom stereocenters. The van der Waals surface area contributed by atoms with Gasteiger partial charge in [0.1, 0.15) is 5.82 Å². The molecule has 0 bridgehead atoms. The summed E-state index contributed by atoms with van der Waals surface area (Å²) in [4.78, 5) is 12.5. The molecule has 0 spiro atoms. The summed E-state index contributed by atoms with van der Waals surface area (Å²) in [7, 11) is -2.14. The van der Waals surface area contributed by atoms with Crippen molar-refractivity contribution in [3.63, 3.8) is 0 Å². The van der Waals surface area contributed by atoms with Crippen molar-refractivity contribution < 1.29 is 22.7 Å². The van der Waals surface area contributed by atoms with Crippen LogP contribution in [0.5, 0.6) is 0 Å². The minimum absolute atomic E-state index is 0.285. The quantitative estimate of drug-likeness (QED) is 0.861. The number of benzene rings is 1. The second-order valence-electron chi connectivity index (χ2n) is 4.94. The number of aromatic carboxylic acids is 1. The van der Waals surface area contributed by atoms with Crippen LogP contribution in [0, 0.1) is 5.82 Å². The highest BCUT2D eigenvalue weighted by Crippen LogP contribution is 2.25. The number of nitrogens with zero attached hydrogens (tertiary/aromatic N) is 1. The highest BCUT2D eigenvalue weighted by Gasteiger charge is 2.27. The monoisotopic (exact) mass is 336 g/mol. The van der Waals surface area contributed by atoms with Crippen LogP contribution in [0.25, 0.3) is 0 Å². The summed E-state index contributed by atoms with van der Waals surface area (Å²) in [5.41, 5.74) is -0.583. The van der Waals surface area contributed by atoms with Gasteiger partial charge in [-0.05, 0) is 32.1 Å². The van der Waals surface area contributed by atoms with Gasteiger partial charge < -0.3 is 10.0 Å². The fourth-order valence-electron chi connectivity index (χ4n) is 2.19. The first-order valence-electron chi connectivity index (χ1n) is 6.14. The van der Waals surface area contributed by atoms with Crippen LogP contribution in [-0.2, 0) is 10.0 Å². The van der Waals surface area contributed by atoms with Crippen LogP contribution in [0.15, 0.2) is 17.0 Å². The Hall–Kier alpha value is -1.22. The van der Waals surface area contributed by atoms with E-state index in [-0.39, 0.29) is 6.04 Å². The molecule has 1 aromatic carbocycles. The molecule has 116 valence electrons. The number of carbonyl (C=O) groups is 1. The number of hydrogen-bond acceptors (Lipinski definition) is 4.